The number of rotatable bonds is 8. The molecule has 2 aromatic rings. The Hall–Kier alpha value is -2.90. The lowest BCUT2D eigenvalue weighted by atomic mass is 9.86. The minimum absolute atomic E-state index is 0.0658. The van der Waals surface area contributed by atoms with Crippen molar-refractivity contribution in [1.82, 2.24) is 4.90 Å². The number of carbonyl (C=O) groups is 2. The van der Waals surface area contributed by atoms with Gasteiger partial charge >= 0.3 is 5.97 Å². The number of likely N-dealkylation sites (tertiary alicyclic amines) is 1. The van der Waals surface area contributed by atoms with Crippen molar-refractivity contribution in [2.45, 2.75) is 56.6 Å². The van der Waals surface area contributed by atoms with E-state index in [1.54, 1.807) is 24.3 Å². The van der Waals surface area contributed by atoms with Crippen LogP contribution >= 0.6 is 0 Å². The number of benzene rings is 2. The predicted molar refractivity (Wildman–Crippen MR) is 129 cm³/mol. The number of piperidine rings is 1. The Kier molecular flexibility index (Phi) is 7.54. The Morgan fingerprint density at radius 3 is 2.41 bits per heavy atom. The molecule has 4 rings (SSSR count). The molecule has 1 saturated carbocycles. The highest BCUT2D eigenvalue weighted by molar-refractivity contribution is 5.94. The molecule has 0 spiro atoms. The number of carboxylic acid groups (broad SMARTS) is 1. The first-order valence-corrected chi connectivity index (χ1v) is 12.2. The average Bonchev–Trinajstić information content (AvgIpc) is 3.43. The molecule has 0 radical (unpaired) electrons. The molecule has 7 heteroatoms. The van der Waals surface area contributed by atoms with E-state index < -0.39 is 11.6 Å². The Morgan fingerprint density at radius 1 is 1.03 bits per heavy atom. The van der Waals surface area contributed by atoms with Gasteiger partial charge in [0.15, 0.2) is 5.60 Å². The van der Waals surface area contributed by atoms with Gasteiger partial charge in [-0.3, -0.25) is 4.79 Å². The molecule has 2 aliphatic rings. The van der Waals surface area contributed by atoms with Crippen molar-refractivity contribution >= 4 is 11.9 Å². The van der Waals surface area contributed by atoms with Crippen molar-refractivity contribution in [3.05, 3.63) is 65.2 Å². The highest BCUT2D eigenvalue weighted by Gasteiger charge is 2.46. The van der Waals surface area contributed by atoms with Crippen LogP contribution in [0.1, 0.15) is 65.9 Å². The van der Waals surface area contributed by atoms with E-state index in [1.807, 2.05) is 17.0 Å². The maximum Gasteiger partial charge on any atom is 0.339 e. The number of aliphatic hydroxyl groups is 1. The molecule has 0 bridgehead atoms. The molecule has 0 aromatic heterocycles. The Labute approximate surface area is 200 Å². The predicted octanol–water partition coefficient (Wildman–Crippen LogP) is 3.55. The highest BCUT2D eigenvalue weighted by Crippen LogP contribution is 2.35. The maximum absolute atomic E-state index is 13.1. The molecule has 182 valence electrons. The number of nitrogens with two attached hydrogens (primary N) is 1. The van der Waals surface area contributed by atoms with E-state index in [1.165, 1.54) is 5.56 Å². The topological polar surface area (TPSA) is 113 Å². The summed E-state index contributed by atoms with van der Waals surface area (Å²) >= 11 is 0. The first kappa shape index (κ1) is 24.2. The summed E-state index contributed by atoms with van der Waals surface area (Å²) in [6, 6.07) is 15.1. The fourth-order valence-corrected chi connectivity index (χ4v) is 5.24. The summed E-state index contributed by atoms with van der Waals surface area (Å²) in [5.41, 5.74) is 6.75. The number of hydrogen-bond acceptors (Lipinski definition) is 5. The van der Waals surface area contributed by atoms with Crippen LogP contribution in [0.5, 0.6) is 5.75 Å². The molecular weight excluding hydrogens is 432 g/mol. The van der Waals surface area contributed by atoms with E-state index in [4.69, 9.17) is 10.5 Å². The van der Waals surface area contributed by atoms with E-state index in [-0.39, 0.29) is 18.4 Å². The molecule has 1 aliphatic carbocycles. The minimum atomic E-state index is -1.92. The van der Waals surface area contributed by atoms with Gasteiger partial charge in [0, 0.05) is 31.1 Å². The van der Waals surface area contributed by atoms with Crippen LogP contribution in [0.25, 0.3) is 0 Å². The number of hydrogen-bond donors (Lipinski definition) is 3. The summed E-state index contributed by atoms with van der Waals surface area (Å²) in [6.45, 7) is 1.52. The molecule has 7 nitrogen and oxygen atoms in total. The van der Waals surface area contributed by atoms with Crippen LogP contribution in [0.15, 0.2) is 48.5 Å². The smallest absolute Gasteiger partial charge is 0.339 e. The molecule has 1 atom stereocenters. The van der Waals surface area contributed by atoms with Crippen molar-refractivity contribution in [3.63, 3.8) is 0 Å². The molecule has 4 N–H and O–H groups in total. The lowest BCUT2D eigenvalue weighted by Gasteiger charge is -2.32. The summed E-state index contributed by atoms with van der Waals surface area (Å²) in [7, 11) is 0. The molecule has 0 unspecified atom stereocenters. The number of nitrogens with zero attached hydrogens (tertiary/aromatic N) is 1. The molecule has 1 heterocycles. The van der Waals surface area contributed by atoms with Crippen LogP contribution in [0.3, 0.4) is 0 Å². The van der Waals surface area contributed by atoms with Crippen LogP contribution in [-0.2, 0) is 11.3 Å². The summed E-state index contributed by atoms with van der Waals surface area (Å²) < 4.78 is 5.71. The third kappa shape index (κ3) is 5.26. The zero-order valence-electron chi connectivity index (χ0n) is 19.5. The van der Waals surface area contributed by atoms with Crippen molar-refractivity contribution in [2.75, 3.05) is 19.7 Å². The van der Waals surface area contributed by atoms with E-state index in [9.17, 15) is 19.8 Å². The molecule has 2 fully saturated rings. The molecule has 1 amide bonds. The van der Waals surface area contributed by atoms with Gasteiger partial charge in [-0.2, -0.15) is 0 Å². The van der Waals surface area contributed by atoms with Gasteiger partial charge in [-0.05, 0) is 60.9 Å². The number of aliphatic carboxylic acids is 1. The second-order valence-electron chi connectivity index (χ2n) is 9.54. The SMILES string of the molecule is NCc1cccc(C2CCN(C(=O)c3cccc(OC[C@](O)(C(=O)O)C4CCCC4)c3)CC2)c1. The van der Waals surface area contributed by atoms with E-state index in [0.717, 1.165) is 31.2 Å². The summed E-state index contributed by atoms with van der Waals surface area (Å²) in [5.74, 6) is -0.844. The minimum Gasteiger partial charge on any atom is -0.490 e. The number of amides is 1. The lowest BCUT2D eigenvalue weighted by Crippen LogP contribution is -2.50. The summed E-state index contributed by atoms with van der Waals surface area (Å²) in [5, 5.41) is 20.4. The molecule has 1 aliphatic heterocycles. The Balaban J connectivity index is 1.37. The zero-order chi connectivity index (χ0) is 24.1. The third-order valence-electron chi connectivity index (χ3n) is 7.38. The normalized spacial score (nSPS) is 19.1. The molecule has 1 saturated heterocycles. The molecule has 2 aromatic carbocycles. The quantitative estimate of drug-likeness (QED) is 0.548. The molecular formula is C27H34N2O5. The Morgan fingerprint density at radius 2 is 1.74 bits per heavy atom. The van der Waals surface area contributed by atoms with Gasteiger partial charge < -0.3 is 25.6 Å². The maximum atomic E-state index is 13.1. The van der Waals surface area contributed by atoms with Crippen LogP contribution < -0.4 is 10.5 Å². The lowest BCUT2D eigenvalue weighted by molar-refractivity contribution is -0.169. The van der Waals surface area contributed by atoms with Crippen molar-refractivity contribution in [2.24, 2.45) is 11.7 Å². The Bertz CT molecular complexity index is 1010. The summed E-state index contributed by atoms with van der Waals surface area (Å²) in [6.07, 6.45) is 4.97. The molecule has 34 heavy (non-hydrogen) atoms. The first-order valence-electron chi connectivity index (χ1n) is 12.2. The van der Waals surface area contributed by atoms with Crippen molar-refractivity contribution < 1.29 is 24.5 Å². The second kappa shape index (κ2) is 10.6. The fraction of sp³-hybridized carbons (Fsp3) is 0.481. The van der Waals surface area contributed by atoms with Gasteiger partial charge in [0.2, 0.25) is 0 Å². The van der Waals surface area contributed by atoms with Gasteiger partial charge in [0.25, 0.3) is 5.91 Å². The van der Waals surface area contributed by atoms with E-state index in [2.05, 4.69) is 12.1 Å². The van der Waals surface area contributed by atoms with Crippen LogP contribution in [0.4, 0.5) is 0 Å². The first-order chi connectivity index (χ1) is 16.4. The number of carboxylic acids is 1. The highest BCUT2D eigenvalue weighted by atomic mass is 16.5. The number of carbonyl (C=O) groups excluding carboxylic acids is 1. The van der Waals surface area contributed by atoms with Crippen molar-refractivity contribution in [3.8, 4) is 5.75 Å². The fourth-order valence-electron chi connectivity index (χ4n) is 5.24. The monoisotopic (exact) mass is 466 g/mol. The average molecular weight is 467 g/mol. The van der Waals surface area contributed by atoms with Gasteiger partial charge in [0.05, 0.1) is 0 Å². The van der Waals surface area contributed by atoms with Crippen LogP contribution in [0, 0.1) is 5.92 Å². The van der Waals surface area contributed by atoms with Crippen molar-refractivity contribution in [1.29, 1.82) is 0 Å². The number of ether oxygens (including phenoxy) is 1. The second-order valence-corrected chi connectivity index (χ2v) is 9.54. The van der Waals surface area contributed by atoms with Crippen LogP contribution in [-0.4, -0.2) is 52.3 Å². The van der Waals surface area contributed by atoms with E-state index in [0.29, 0.717) is 49.7 Å². The zero-order valence-corrected chi connectivity index (χ0v) is 19.5. The van der Waals surface area contributed by atoms with E-state index >= 15 is 0 Å². The van der Waals surface area contributed by atoms with Crippen LogP contribution in [0.2, 0.25) is 0 Å². The third-order valence-corrected chi connectivity index (χ3v) is 7.38. The van der Waals surface area contributed by atoms with Gasteiger partial charge in [-0.1, -0.05) is 43.2 Å². The van der Waals surface area contributed by atoms with Gasteiger partial charge in [0.1, 0.15) is 12.4 Å². The van der Waals surface area contributed by atoms with Gasteiger partial charge in [-0.25, -0.2) is 4.79 Å². The van der Waals surface area contributed by atoms with Gasteiger partial charge in [-0.15, -0.1) is 0 Å². The standard InChI is InChI=1S/C27H34N2O5/c28-17-19-5-3-6-21(15-19)20-11-13-29(14-12-20)25(30)22-7-4-10-24(16-22)34-18-27(33,26(31)32)23-8-1-2-9-23/h3-7,10,15-16,20,23,33H,1-2,8-9,11-14,17-18,28H2,(H,31,32)/t27-/m1/s1. The summed E-state index contributed by atoms with van der Waals surface area (Å²) in [4.78, 5) is 26.8. The largest absolute Gasteiger partial charge is 0.490 e.